The zero-order valence-corrected chi connectivity index (χ0v) is 11.1. The second-order valence-electron chi connectivity index (χ2n) is 3.98. The third-order valence-electron chi connectivity index (χ3n) is 2.43. The number of carbonyl (C=O) groups is 1. The molecule has 0 saturated heterocycles. The molecule has 0 radical (unpaired) electrons. The molecule has 1 aromatic heterocycles. The molecule has 0 fully saturated rings. The van der Waals surface area contributed by atoms with Crippen LogP contribution in [0.4, 0.5) is 5.69 Å². The molecule has 3 N–H and O–H groups in total. The van der Waals surface area contributed by atoms with Gasteiger partial charge in [-0.1, -0.05) is 16.8 Å². The summed E-state index contributed by atoms with van der Waals surface area (Å²) in [5.74, 6) is 0.769. The fraction of sp³-hybridized carbons (Fsp3) is 0.250. The monoisotopic (exact) mass is 280 g/mol. The second kappa shape index (κ2) is 5.71. The number of amides is 1. The zero-order valence-electron chi connectivity index (χ0n) is 10.3. The van der Waals surface area contributed by atoms with Gasteiger partial charge in [0, 0.05) is 18.7 Å². The van der Waals surface area contributed by atoms with E-state index in [0.717, 1.165) is 0 Å². The van der Waals surface area contributed by atoms with Crippen LogP contribution in [0.3, 0.4) is 0 Å². The molecule has 0 spiro atoms. The van der Waals surface area contributed by atoms with Crippen LogP contribution in [0.1, 0.15) is 22.1 Å². The van der Waals surface area contributed by atoms with Crippen LogP contribution < -0.4 is 11.1 Å². The average Bonchev–Trinajstić information content (AvgIpc) is 2.78. The lowest BCUT2D eigenvalue weighted by atomic mass is 10.2. The molecule has 19 heavy (non-hydrogen) atoms. The molecule has 0 aliphatic rings. The molecule has 0 unspecified atom stereocenters. The van der Waals surface area contributed by atoms with Gasteiger partial charge in [-0.25, -0.2) is 0 Å². The number of rotatable bonds is 4. The zero-order chi connectivity index (χ0) is 13.8. The maximum absolute atomic E-state index is 11.9. The van der Waals surface area contributed by atoms with Crippen LogP contribution in [0.25, 0.3) is 0 Å². The number of benzene rings is 1. The van der Waals surface area contributed by atoms with Crippen LogP contribution in [-0.2, 0) is 6.42 Å². The highest BCUT2D eigenvalue weighted by molar-refractivity contribution is 6.34. The number of nitrogens with two attached hydrogens (primary N) is 1. The molecule has 0 aliphatic heterocycles. The van der Waals surface area contributed by atoms with Gasteiger partial charge in [-0.05, 0) is 25.1 Å². The Bertz CT molecular complexity index is 597. The Morgan fingerprint density at radius 2 is 2.32 bits per heavy atom. The lowest BCUT2D eigenvalue weighted by Gasteiger charge is -2.06. The van der Waals surface area contributed by atoms with E-state index in [9.17, 15) is 4.79 Å². The number of hydrogen-bond acceptors (Lipinski definition) is 5. The van der Waals surface area contributed by atoms with Crippen molar-refractivity contribution in [3.63, 3.8) is 0 Å². The smallest absolute Gasteiger partial charge is 0.252 e. The minimum atomic E-state index is -0.284. The first-order valence-corrected chi connectivity index (χ1v) is 6.06. The summed E-state index contributed by atoms with van der Waals surface area (Å²) < 4.78 is 4.94. The summed E-state index contributed by atoms with van der Waals surface area (Å²) in [5.41, 5.74) is 6.45. The lowest BCUT2D eigenvalue weighted by molar-refractivity contribution is 0.0953. The largest absolute Gasteiger partial charge is 0.399 e. The van der Waals surface area contributed by atoms with Crippen LogP contribution in [0.2, 0.25) is 5.02 Å². The third kappa shape index (κ3) is 3.45. The van der Waals surface area contributed by atoms with Gasteiger partial charge in [-0.15, -0.1) is 0 Å². The van der Waals surface area contributed by atoms with E-state index < -0.39 is 0 Å². The maximum Gasteiger partial charge on any atom is 0.252 e. The molecule has 2 rings (SSSR count). The standard InChI is InChI=1S/C12H13ClN4O2/c1-7-16-11(19-17-7)4-5-15-12(18)9-6-8(14)2-3-10(9)13/h2-3,6H,4-5,14H2,1H3,(H,15,18). The average molecular weight is 281 g/mol. The number of aromatic nitrogens is 2. The number of nitrogen functional groups attached to an aromatic ring is 1. The van der Waals surface area contributed by atoms with Gasteiger partial charge in [0.25, 0.3) is 5.91 Å². The van der Waals surface area contributed by atoms with E-state index in [1.807, 2.05) is 0 Å². The Morgan fingerprint density at radius 1 is 1.53 bits per heavy atom. The molecule has 6 nitrogen and oxygen atoms in total. The Hall–Kier alpha value is -2.08. The maximum atomic E-state index is 11.9. The predicted octanol–water partition coefficient (Wildman–Crippen LogP) is 1.59. The first-order chi connectivity index (χ1) is 9.06. The van der Waals surface area contributed by atoms with Crippen molar-refractivity contribution in [3.05, 3.63) is 40.5 Å². The van der Waals surface area contributed by atoms with Gasteiger partial charge in [-0.2, -0.15) is 4.98 Å². The van der Waals surface area contributed by atoms with Gasteiger partial charge in [-0.3, -0.25) is 4.79 Å². The molecule has 0 atom stereocenters. The molecule has 100 valence electrons. The van der Waals surface area contributed by atoms with E-state index in [-0.39, 0.29) is 5.91 Å². The highest BCUT2D eigenvalue weighted by Crippen LogP contribution is 2.18. The second-order valence-corrected chi connectivity index (χ2v) is 4.39. The van der Waals surface area contributed by atoms with Crippen molar-refractivity contribution >= 4 is 23.2 Å². The third-order valence-corrected chi connectivity index (χ3v) is 2.76. The molecule has 0 bridgehead atoms. The van der Waals surface area contributed by atoms with Crippen LogP contribution in [0.5, 0.6) is 0 Å². The van der Waals surface area contributed by atoms with Crippen LogP contribution in [0, 0.1) is 6.92 Å². The van der Waals surface area contributed by atoms with Gasteiger partial charge in [0.05, 0.1) is 10.6 Å². The van der Waals surface area contributed by atoms with E-state index >= 15 is 0 Å². The highest BCUT2D eigenvalue weighted by Gasteiger charge is 2.11. The van der Waals surface area contributed by atoms with Gasteiger partial charge in [0.15, 0.2) is 5.82 Å². The van der Waals surface area contributed by atoms with Gasteiger partial charge < -0.3 is 15.6 Å². The molecule has 2 aromatic rings. The van der Waals surface area contributed by atoms with Gasteiger partial charge in [0.2, 0.25) is 5.89 Å². The van der Waals surface area contributed by atoms with Crippen molar-refractivity contribution in [1.29, 1.82) is 0 Å². The summed E-state index contributed by atoms with van der Waals surface area (Å²) in [4.78, 5) is 15.9. The summed E-state index contributed by atoms with van der Waals surface area (Å²) in [6.45, 7) is 2.11. The summed E-state index contributed by atoms with van der Waals surface area (Å²) in [6.07, 6.45) is 0.465. The van der Waals surface area contributed by atoms with Crippen LogP contribution in [0.15, 0.2) is 22.7 Å². The molecule has 7 heteroatoms. The SMILES string of the molecule is Cc1noc(CCNC(=O)c2cc(N)ccc2Cl)n1. The van der Waals surface area contributed by atoms with E-state index in [1.165, 1.54) is 6.07 Å². The number of anilines is 1. The normalized spacial score (nSPS) is 10.4. The molecule has 1 heterocycles. The highest BCUT2D eigenvalue weighted by atomic mass is 35.5. The molecular formula is C12H13ClN4O2. The number of nitrogens with zero attached hydrogens (tertiary/aromatic N) is 2. The minimum Gasteiger partial charge on any atom is -0.399 e. The van der Waals surface area contributed by atoms with Crippen molar-refractivity contribution in [1.82, 2.24) is 15.5 Å². The van der Waals surface area contributed by atoms with E-state index in [4.69, 9.17) is 21.9 Å². The van der Waals surface area contributed by atoms with E-state index in [1.54, 1.807) is 19.1 Å². The number of nitrogens with one attached hydrogen (secondary N) is 1. The summed E-state index contributed by atoms with van der Waals surface area (Å²) in [5, 5.41) is 6.74. The summed E-state index contributed by atoms with van der Waals surface area (Å²) >= 11 is 5.93. The number of halogens is 1. The van der Waals surface area contributed by atoms with Crippen molar-refractivity contribution in [2.45, 2.75) is 13.3 Å². The Kier molecular flexibility index (Phi) is 4.01. The fourth-order valence-electron chi connectivity index (χ4n) is 1.54. The summed E-state index contributed by atoms with van der Waals surface area (Å²) in [7, 11) is 0. The Labute approximate surface area is 114 Å². The van der Waals surface area contributed by atoms with Crippen LogP contribution >= 0.6 is 11.6 Å². The topological polar surface area (TPSA) is 94.0 Å². The first-order valence-electron chi connectivity index (χ1n) is 5.68. The Balaban J connectivity index is 1.92. The van der Waals surface area contributed by atoms with E-state index in [2.05, 4.69) is 15.5 Å². The molecule has 0 saturated carbocycles. The lowest BCUT2D eigenvalue weighted by Crippen LogP contribution is -2.26. The molecule has 0 aliphatic carbocycles. The Morgan fingerprint density at radius 3 is 3.00 bits per heavy atom. The quantitative estimate of drug-likeness (QED) is 0.829. The van der Waals surface area contributed by atoms with Crippen molar-refractivity contribution in [2.24, 2.45) is 0 Å². The van der Waals surface area contributed by atoms with Gasteiger partial charge >= 0.3 is 0 Å². The van der Waals surface area contributed by atoms with Crippen molar-refractivity contribution in [3.8, 4) is 0 Å². The number of carbonyl (C=O) groups excluding carboxylic acids is 1. The number of aryl methyl sites for hydroxylation is 1. The van der Waals surface area contributed by atoms with E-state index in [0.29, 0.717) is 41.0 Å². The van der Waals surface area contributed by atoms with Gasteiger partial charge in [0.1, 0.15) is 0 Å². The minimum absolute atomic E-state index is 0.284. The molecule has 1 aromatic carbocycles. The van der Waals surface area contributed by atoms with Crippen LogP contribution in [-0.4, -0.2) is 22.6 Å². The molecule has 1 amide bonds. The van der Waals surface area contributed by atoms with Crippen molar-refractivity contribution in [2.75, 3.05) is 12.3 Å². The van der Waals surface area contributed by atoms with Crippen molar-refractivity contribution < 1.29 is 9.32 Å². The predicted molar refractivity (Wildman–Crippen MR) is 70.9 cm³/mol. The fourth-order valence-corrected chi connectivity index (χ4v) is 1.74. The summed E-state index contributed by atoms with van der Waals surface area (Å²) in [6, 6.07) is 4.77. The first kappa shape index (κ1) is 13.4. The molecular weight excluding hydrogens is 268 g/mol. The number of hydrogen-bond donors (Lipinski definition) is 2.